The molecule has 0 saturated carbocycles. The third kappa shape index (κ3) is 4.74. The first kappa shape index (κ1) is 26.9. The molecule has 0 unspecified atom stereocenters. The molecule has 1 saturated heterocycles. The zero-order valence-corrected chi connectivity index (χ0v) is 22.1. The van der Waals surface area contributed by atoms with Crippen LogP contribution < -0.4 is 16.0 Å². The van der Waals surface area contributed by atoms with Crippen LogP contribution in [0.1, 0.15) is 57.1 Å². The van der Waals surface area contributed by atoms with E-state index in [1.54, 1.807) is 30.3 Å². The Labute approximate surface area is 220 Å². The molecule has 1 spiro atoms. The van der Waals surface area contributed by atoms with Crippen molar-refractivity contribution in [3.05, 3.63) is 63.4 Å². The minimum atomic E-state index is -1.27. The summed E-state index contributed by atoms with van der Waals surface area (Å²) in [6.07, 6.45) is 1.71. The average molecular weight is 536 g/mol. The largest absolute Gasteiger partial charge is 0.396 e. The van der Waals surface area contributed by atoms with Gasteiger partial charge in [0.1, 0.15) is 11.2 Å². The quantitative estimate of drug-likeness (QED) is 0.384. The number of fused-ring (bicyclic) bond motifs is 2. The van der Waals surface area contributed by atoms with Gasteiger partial charge < -0.3 is 21.1 Å². The van der Waals surface area contributed by atoms with Crippen LogP contribution in [0.4, 0.5) is 10.1 Å². The molecule has 2 aliphatic rings. The maximum absolute atomic E-state index is 15.6. The second kappa shape index (κ2) is 10.3. The Balaban J connectivity index is 1.91. The Hall–Kier alpha value is -2.19. The molecule has 1 fully saturated rings. The number of hydrogen-bond donors (Lipinski definition) is 4. The normalized spacial score (nSPS) is 25.2. The van der Waals surface area contributed by atoms with Crippen molar-refractivity contribution in [1.82, 2.24) is 10.6 Å². The molecule has 0 radical (unpaired) electrons. The lowest BCUT2D eigenvalue weighted by atomic mass is 9.62. The van der Waals surface area contributed by atoms with E-state index in [-0.39, 0.29) is 34.4 Å². The van der Waals surface area contributed by atoms with E-state index in [1.165, 1.54) is 6.07 Å². The van der Waals surface area contributed by atoms with Crippen molar-refractivity contribution in [3.63, 3.8) is 0 Å². The van der Waals surface area contributed by atoms with Crippen molar-refractivity contribution in [2.75, 3.05) is 18.5 Å². The molecule has 2 aromatic carbocycles. The third-order valence-electron chi connectivity index (χ3n) is 7.11. The zero-order valence-electron chi connectivity index (χ0n) is 20.6. The van der Waals surface area contributed by atoms with Crippen LogP contribution in [-0.4, -0.2) is 42.2 Å². The first-order valence-electron chi connectivity index (χ1n) is 12.2. The maximum Gasteiger partial charge on any atom is 0.237 e. The number of benzene rings is 2. The average Bonchev–Trinajstić information content (AvgIpc) is 3.27. The summed E-state index contributed by atoms with van der Waals surface area (Å²) in [5.41, 5.74) is -0.0290. The molecular weight excluding hydrogens is 504 g/mol. The lowest BCUT2D eigenvalue weighted by Gasteiger charge is -2.37. The highest BCUT2D eigenvalue weighted by atomic mass is 35.5. The Morgan fingerprint density at radius 1 is 1.19 bits per heavy atom. The summed E-state index contributed by atoms with van der Waals surface area (Å²) < 4.78 is 15.6. The number of carbonyl (C=O) groups excluding carboxylic acids is 2. The summed E-state index contributed by atoms with van der Waals surface area (Å²) in [5.74, 6) is -2.15. The molecule has 2 amide bonds. The van der Waals surface area contributed by atoms with E-state index in [9.17, 15) is 9.59 Å². The maximum atomic E-state index is 15.6. The van der Waals surface area contributed by atoms with Gasteiger partial charge in [-0.2, -0.15) is 0 Å². The van der Waals surface area contributed by atoms with E-state index in [4.69, 9.17) is 28.3 Å². The van der Waals surface area contributed by atoms with Gasteiger partial charge in [-0.1, -0.05) is 62.2 Å². The van der Waals surface area contributed by atoms with Crippen molar-refractivity contribution in [1.29, 1.82) is 0 Å². The molecule has 2 heterocycles. The van der Waals surface area contributed by atoms with Gasteiger partial charge in [-0.15, -0.1) is 0 Å². The molecular formula is C27H32Cl2FN3O3. The second-order valence-corrected chi connectivity index (χ2v) is 11.7. The van der Waals surface area contributed by atoms with E-state index >= 15 is 4.39 Å². The lowest BCUT2D eigenvalue weighted by molar-refractivity contribution is -0.123. The van der Waals surface area contributed by atoms with Crippen molar-refractivity contribution in [2.45, 2.75) is 63.5 Å². The Morgan fingerprint density at radius 3 is 2.64 bits per heavy atom. The van der Waals surface area contributed by atoms with Gasteiger partial charge in [-0.25, -0.2) is 4.39 Å². The molecule has 9 heteroatoms. The van der Waals surface area contributed by atoms with Gasteiger partial charge in [-0.05, 0) is 54.0 Å². The van der Waals surface area contributed by atoms with E-state index in [1.807, 2.05) is 0 Å². The van der Waals surface area contributed by atoms with Crippen LogP contribution in [0.2, 0.25) is 10.0 Å². The Morgan fingerprint density at radius 2 is 1.94 bits per heavy atom. The van der Waals surface area contributed by atoms with Gasteiger partial charge in [0, 0.05) is 35.8 Å². The standard InChI is InChI=1S/C27H32Cl2FN3O3/c1-26(2,3)14-20-27(17-10-9-15(28)13-19(17)32-25(27)36)21(16-7-6-8-18(29)22(16)30)23(33-20)24(35)31-11-4-5-12-34/h6-10,13,20-21,23,33-34H,4-5,11-12,14H2,1-3H3,(H,31,35)(H,32,36)/t20-,21-,23-,27+/m1/s1. The number of anilines is 1. The van der Waals surface area contributed by atoms with Crippen LogP contribution in [-0.2, 0) is 15.0 Å². The predicted molar refractivity (Wildman–Crippen MR) is 140 cm³/mol. The Bertz CT molecular complexity index is 1170. The number of carbonyl (C=O) groups is 2. The Kier molecular flexibility index (Phi) is 7.68. The number of hydrogen-bond acceptors (Lipinski definition) is 4. The van der Waals surface area contributed by atoms with E-state index in [0.717, 1.165) is 0 Å². The topological polar surface area (TPSA) is 90.5 Å². The number of aliphatic hydroxyl groups excluding tert-OH is 1. The molecule has 0 aliphatic carbocycles. The van der Waals surface area contributed by atoms with Gasteiger partial charge in [0.15, 0.2) is 0 Å². The molecule has 4 N–H and O–H groups in total. The molecule has 6 nitrogen and oxygen atoms in total. The smallest absolute Gasteiger partial charge is 0.237 e. The van der Waals surface area contributed by atoms with Gasteiger partial charge in [0.25, 0.3) is 0 Å². The summed E-state index contributed by atoms with van der Waals surface area (Å²) in [4.78, 5) is 27.6. The minimum absolute atomic E-state index is 0.0319. The monoisotopic (exact) mass is 535 g/mol. The first-order chi connectivity index (χ1) is 17.0. The van der Waals surface area contributed by atoms with Crippen molar-refractivity contribution >= 4 is 40.7 Å². The summed E-state index contributed by atoms with van der Waals surface area (Å²) in [5, 5.41) is 18.8. The van der Waals surface area contributed by atoms with Gasteiger partial charge in [0.2, 0.25) is 11.8 Å². The fourth-order valence-electron chi connectivity index (χ4n) is 5.71. The number of amides is 2. The van der Waals surface area contributed by atoms with Crippen molar-refractivity contribution in [3.8, 4) is 0 Å². The van der Waals surface area contributed by atoms with E-state index < -0.39 is 29.2 Å². The lowest BCUT2D eigenvalue weighted by Crippen LogP contribution is -2.49. The minimum Gasteiger partial charge on any atom is -0.396 e. The summed E-state index contributed by atoms with van der Waals surface area (Å²) >= 11 is 12.4. The fraction of sp³-hybridized carbons (Fsp3) is 0.481. The zero-order chi connectivity index (χ0) is 26.3. The van der Waals surface area contributed by atoms with Crippen LogP contribution in [0, 0.1) is 11.2 Å². The van der Waals surface area contributed by atoms with Crippen LogP contribution >= 0.6 is 23.2 Å². The summed E-state index contributed by atoms with van der Waals surface area (Å²) in [7, 11) is 0. The van der Waals surface area contributed by atoms with Crippen LogP contribution in [0.25, 0.3) is 0 Å². The molecule has 2 aliphatic heterocycles. The highest BCUT2D eigenvalue weighted by Gasteiger charge is 2.66. The number of nitrogens with one attached hydrogen (secondary N) is 3. The van der Waals surface area contributed by atoms with E-state index in [2.05, 4.69) is 36.7 Å². The highest BCUT2D eigenvalue weighted by molar-refractivity contribution is 6.31. The molecule has 4 rings (SSSR count). The summed E-state index contributed by atoms with van der Waals surface area (Å²) in [6, 6.07) is 8.51. The van der Waals surface area contributed by atoms with Crippen LogP contribution in [0.3, 0.4) is 0 Å². The SMILES string of the molecule is CC(C)(C)C[C@H]1N[C@@H](C(=O)NCCCCO)[C@@H](c2cccc(Cl)c2F)[C@@]12C(=O)Nc1cc(Cl)ccc12. The number of rotatable bonds is 7. The number of aliphatic hydroxyl groups is 1. The number of halogens is 3. The van der Waals surface area contributed by atoms with Crippen molar-refractivity contribution in [2.24, 2.45) is 5.41 Å². The van der Waals surface area contributed by atoms with Crippen LogP contribution in [0.15, 0.2) is 36.4 Å². The van der Waals surface area contributed by atoms with E-state index in [0.29, 0.717) is 42.1 Å². The third-order valence-corrected chi connectivity index (χ3v) is 7.63. The second-order valence-electron chi connectivity index (χ2n) is 10.8. The fourth-order valence-corrected chi connectivity index (χ4v) is 6.06. The molecule has 0 bridgehead atoms. The number of unbranched alkanes of at least 4 members (excludes halogenated alkanes) is 1. The van der Waals surface area contributed by atoms with Crippen molar-refractivity contribution < 1.29 is 19.1 Å². The molecule has 36 heavy (non-hydrogen) atoms. The van der Waals surface area contributed by atoms with Gasteiger partial charge in [-0.3, -0.25) is 9.59 Å². The summed E-state index contributed by atoms with van der Waals surface area (Å²) in [6.45, 7) is 6.58. The van der Waals surface area contributed by atoms with Gasteiger partial charge in [0.05, 0.1) is 11.1 Å². The molecule has 0 aromatic heterocycles. The molecule has 194 valence electrons. The predicted octanol–water partition coefficient (Wildman–Crippen LogP) is 4.77. The van der Waals surface area contributed by atoms with Crippen LogP contribution in [0.5, 0.6) is 0 Å². The first-order valence-corrected chi connectivity index (χ1v) is 13.0. The molecule has 2 aromatic rings. The highest BCUT2D eigenvalue weighted by Crippen LogP contribution is 2.57. The van der Waals surface area contributed by atoms with Gasteiger partial charge >= 0.3 is 0 Å². The molecule has 4 atom stereocenters.